The van der Waals surface area contributed by atoms with Gasteiger partial charge in [-0.25, -0.2) is 4.39 Å². The van der Waals surface area contributed by atoms with Crippen LogP contribution in [0.25, 0.3) is 0 Å². The number of anilines is 2. The highest BCUT2D eigenvalue weighted by Gasteiger charge is 2.16. The zero-order chi connectivity index (χ0) is 19.2. The van der Waals surface area contributed by atoms with Gasteiger partial charge in [-0.05, 0) is 36.9 Å². The molecular formula is C20H23ClFN3O2. The summed E-state index contributed by atoms with van der Waals surface area (Å²) in [6.45, 7) is 4.02. The highest BCUT2D eigenvalue weighted by Crippen LogP contribution is 2.24. The summed E-state index contributed by atoms with van der Waals surface area (Å²) in [4.78, 5) is 16.6. The van der Waals surface area contributed by atoms with Gasteiger partial charge in [0, 0.05) is 25.3 Å². The van der Waals surface area contributed by atoms with Crippen LogP contribution in [0.3, 0.4) is 0 Å². The Labute approximate surface area is 163 Å². The minimum atomic E-state index is -0.435. The number of nitrogens with zero attached hydrogens (tertiary/aromatic N) is 2. The van der Waals surface area contributed by atoms with E-state index in [0.717, 1.165) is 31.9 Å². The molecule has 0 unspecified atom stereocenters. The first-order valence-corrected chi connectivity index (χ1v) is 9.25. The normalized spacial score (nSPS) is 14.4. The SMILES string of the molecule is CN(CC(=O)Nc1ccc(F)cc1Cl)Cc1ccccc1N1CCOCC1. The lowest BCUT2D eigenvalue weighted by molar-refractivity contribution is -0.117. The van der Waals surface area contributed by atoms with Crippen molar-refractivity contribution in [3.8, 4) is 0 Å². The first kappa shape index (κ1) is 19.6. The van der Waals surface area contributed by atoms with Crippen molar-refractivity contribution in [3.05, 3.63) is 58.9 Å². The molecule has 1 heterocycles. The molecule has 1 aliphatic heterocycles. The number of ether oxygens (including phenoxy) is 1. The number of carbonyl (C=O) groups is 1. The molecular weight excluding hydrogens is 369 g/mol. The van der Waals surface area contributed by atoms with Crippen molar-refractivity contribution in [2.75, 3.05) is 50.1 Å². The van der Waals surface area contributed by atoms with E-state index in [0.29, 0.717) is 12.2 Å². The van der Waals surface area contributed by atoms with Gasteiger partial charge in [-0.3, -0.25) is 9.69 Å². The van der Waals surface area contributed by atoms with Gasteiger partial charge >= 0.3 is 0 Å². The first-order chi connectivity index (χ1) is 13.0. The van der Waals surface area contributed by atoms with Crippen molar-refractivity contribution in [2.45, 2.75) is 6.54 Å². The molecule has 2 aromatic carbocycles. The van der Waals surface area contributed by atoms with Crippen molar-refractivity contribution < 1.29 is 13.9 Å². The van der Waals surface area contributed by atoms with E-state index in [1.54, 1.807) is 0 Å². The Hall–Kier alpha value is -2.15. The van der Waals surface area contributed by atoms with Crippen LogP contribution >= 0.6 is 11.6 Å². The lowest BCUT2D eigenvalue weighted by Crippen LogP contribution is -2.37. The quantitative estimate of drug-likeness (QED) is 0.819. The van der Waals surface area contributed by atoms with Crippen LogP contribution in [-0.4, -0.2) is 50.7 Å². The van der Waals surface area contributed by atoms with Crippen molar-refractivity contribution >= 4 is 28.9 Å². The predicted molar refractivity (Wildman–Crippen MR) is 106 cm³/mol. The number of amides is 1. The molecule has 1 fully saturated rings. The van der Waals surface area contributed by atoms with E-state index < -0.39 is 5.82 Å². The molecule has 1 amide bonds. The molecule has 1 saturated heterocycles. The van der Waals surface area contributed by atoms with Crippen molar-refractivity contribution in [3.63, 3.8) is 0 Å². The summed E-state index contributed by atoms with van der Waals surface area (Å²) in [6.07, 6.45) is 0. The van der Waals surface area contributed by atoms with E-state index in [-0.39, 0.29) is 17.5 Å². The van der Waals surface area contributed by atoms with Gasteiger partial charge in [0.1, 0.15) is 5.82 Å². The summed E-state index contributed by atoms with van der Waals surface area (Å²) in [5, 5.41) is 2.91. The number of benzene rings is 2. The molecule has 0 saturated carbocycles. The van der Waals surface area contributed by atoms with Gasteiger partial charge in [-0.2, -0.15) is 0 Å². The van der Waals surface area contributed by atoms with Crippen LogP contribution in [0.1, 0.15) is 5.56 Å². The number of nitrogens with one attached hydrogen (secondary N) is 1. The van der Waals surface area contributed by atoms with Crippen LogP contribution in [0.5, 0.6) is 0 Å². The molecule has 27 heavy (non-hydrogen) atoms. The number of rotatable bonds is 6. The lowest BCUT2D eigenvalue weighted by Gasteiger charge is -2.31. The second-order valence-corrected chi connectivity index (χ2v) is 6.98. The predicted octanol–water partition coefficient (Wildman–Crippen LogP) is 3.39. The van der Waals surface area contributed by atoms with Gasteiger partial charge < -0.3 is 15.0 Å². The van der Waals surface area contributed by atoms with Crippen LogP contribution in [0.4, 0.5) is 15.8 Å². The fourth-order valence-electron chi connectivity index (χ4n) is 3.13. The minimum Gasteiger partial charge on any atom is -0.378 e. The smallest absolute Gasteiger partial charge is 0.238 e. The van der Waals surface area contributed by atoms with E-state index >= 15 is 0 Å². The molecule has 5 nitrogen and oxygen atoms in total. The molecule has 0 bridgehead atoms. The number of halogens is 2. The number of carbonyl (C=O) groups excluding carboxylic acids is 1. The minimum absolute atomic E-state index is 0.184. The number of para-hydroxylation sites is 1. The lowest BCUT2D eigenvalue weighted by atomic mass is 10.1. The molecule has 3 rings (SSSR count). The third kappa shape index (κ3) is 5.42. The Morgan fingerprint density at radius 3 is 2.74 bits per heavy atom. The summed E-state index contributed by atoms with van der Waals surface area (Å²) < 4.78 is 18.5. The van der Waals surface area contributed by atoms with Gasteiger partial charge in [0.2, 0.25) is 5.91 Å². The number of hydrogen-bond donors (Lipinski definition) is 1. The maximum atomic E-state index is 13.1. The number of likely N-dealkylation sites (N-methyl/N-ethyl adjacent to an activating group) is 1. The van der Waals surface area contributed by atoms with Gasteiger partial charge in [-0.15, -0.1) is 0 Å². The van der Waals surface area contributed by atoms with Gasteiger partial charge in [0.05, 0.1) is 30.5 Å². The molecule has 1 N–H and O–H groups in total. The van der Waals surface area contributed by atoms with Crippen LogP contribution < -0.4 is 10.2 Å². The van der Waals surface area contributed by atoms with Crippen LogP contribution in [-0.2, 0) is 16.1 Å². The zero-order valence-corrected chi connectivity index (χ0v) is 16.0. The fourth-order valence-corrected chi connectivity index (χ4v) is 3.34. The number of hydrogen-bond acceptors (Lipinski definition) is 4. The summed E-state index contributed by atoms with van der Waals surface area (Å²) in [5.74, 6) is -0.635. The molecule has 0 spiro atoms. The molecule has 2 aromatic rings. The largest absolute Gasteiger partial charge is 0.378 e. The zero-order valence-electron chi connectivity index (χ0n) is 15.3. The second-order valence-electron chi connectivity index (χ2n) is 6.57. The molecule has 7 heteroatoms. The van der Waals surface area contributed by atoms with Crippen LogP contribution in [0.15, 0.2) is 42.5 Å². The third-order valence-corrected chi connectivity index (χ3v) is 4.72. The van der Waals surface area contributed by atoms with E-state index in [4.69, 9.17) is 16.3 Å². The first-order valence-electron chi connectivity index (χ1n) is 8.87. The molecule has 0 aromatic heterocycles. The Kier molecular flexibility index (Phi) is 6.66. The Morgan fingerprint density at radius 1 is 1.26 bits per heavy atom. The highest BCUT2D eigenvalue weighted by atomic mass is 35.5. The van der Waals surface area contributed by atoms with Crippen molar-refractivity contribution in [2.24, 2.45) is 0 Å². The summed E-state index contributed by atoms with van der Waals surface area (Å²) in [7, 11) is 1.89. The van der Waals surface area contributed by atoms with E-state index in [9.17, 15) is 9.18 Å². The average molecular weight is 392 g/mol. The Morgan fingerprint density at radius 2 is 2.00 bits per heavy atom. The molecule has 0 radical (unpaired) electrons. The van der Waals surface area contributed by atoms with Crippen molar-refractivity contribution in [1.82, 2.24) is 4.90 Å². The summed E-state index contributed by atoms with van der Waals surface area (Å²) >= 11 is 5.96. The fraction of sp³-hybridized carbons (Fsp3) is 0.350. The topological polar surface area (TPSA) is 44.8 Å². The average Bonchev–Trinajstić information content (AvgIpc) is 2.65. The van der Waals surface area contributed by atoms with E-state index in [1.807, 2.05) is 24.1 Å². The van der Waals surface area contributed by atoms with E-state index in [2.05, 4.69) is 22.3 Å². The molecule has 1 aliphatic rings. The van der Waals surface area contributed by atoms with Crippen molar-refractivity contribution in [1.29, 1.82) is 0 Å². The van der Waals surface area contributed by atoms with Gasteiger partial charge in [0.25, 0.3) is 0 Å². The maximum absolute atomic E-state index is 13.1. The molecule has 0 atom stereocenters. The monoisotopic (exact) mass is 391 g/mol. The van der Waals surface area contributed by atoms with Gasteiger partial charge in [-0.1, -0.05) is 29.8 Å². The Balaban J connectivity index is 1.60. The van der Waals surface area contributed by atoms with Gasteiger partial charge in [0.15, 0.2) is 0 Å². The van der Waals surface area contributed by atoms with E-state index in [1.165, 1.54) is 23.9 Å². The summed E-state index contributed by atoms with van der Waals surface area (Å²) in [5.41, 5.74) is 2.74. The highest BCUT2D eigenvalue weighted by molar-refractivity contribution is 6.33. The molecule has 0 aliphatic carbocycles. The maximum Gasteiger partial charge on any atom is 0.238 e. The third-order valence-electron chi connectivity index (χ3n) is 4.40. The summed E-state index contributed by atoms with van der Waals surface area (Å²) in [6, 6.07) is 12.1. The second kappa shape index (κ2) is 9.17. The number of morpholine rings is 1. The molecule has 144 valence electrons. The standard InChI is InChI=1S/C20H23ClFN3O2/c1-24(14-20(26)23-18-7-6-16(22)12-17(18)21)13-15-4-2-3-5-19(15)25-8-10-27-11-9-25/h2-7,12H,8-11,13-14H2,1H3,(H,23,26). The Bertz CT molecular complexity index is 797. The van der Waals surface area contributed by atoms with Crippen LogP contribution in [0.2, 0.25) is 5.02 Å². The van der Waals surface area contributed by atoms with Crippen LogP contribution in [0, 0.1) is 5.82 Å².